The van der Waals surface area contributed by atoms with Gasteiger partial charge < -0.3 is 15.3 Å². The van der Waals surface area contributed by atoms with Crippen molar-refractivity contribution in [2.45, 2.75) is 25.8 Å². The van der Waals surface area contributed by atoms with Crippen LogP contribution < -0.4 is 11.4 Å². The van der Waals surface area contributed by atoms with Crippen molar-refractivity contribution in [3.8, 4) is 5.75 Å². The van der Waals surface area contributed by atoms with Gasteiger partial charge in [-0.2, -0.15) is 0 Å². The molecule has 0 saturated carbocycles. The van der Waals surface area contributed by atoms with Crippen LogP contribution in [0, 0.1) is 0 Å². The van der Waals surface area contributed by atoms with Crippen LogP contribution in [0.15, 0.2) is 21.3 Å². The molecule has 1 atom stereocenters. The van der Waals surface area contributed by atoms with Crippen LogP contribution >= 0.6 is 0 Å². The molecule has 0 aliphatic heterocycles. The summed E-state index contributed by atoms with van der Waals surface area (Å²) in [7, 11) is 0. The highest BCUT2D eigenvalue weighted by atomic mass is 16.4. The Hall–Kier alpha value is -1.29. The average Bonchev–Trinajstić information content (AvgIpc) is 2.03. The fourth-order valence-electron chi connectivity index (χ4n) is 1.12. The lowest BCUT2D eigenvalue weighted by Gasteiger charge is -2.07. The maximum atomic E-state index is 10.8. The molecule has 0 aromatic carbocycles. The SMILES string of the molecule is CCCC(N)c1cc(O)cc(=O)o1. The van der Waals surface area contributed by atoms with Gasteiger partial charge in [0, 0.05) is 6.07 Å². The molecule has 0 radical (unpaired) electrons. The van der Waals surface area contributed by atoms with Crippen molar-refractivity contribution >= 4 is 0 Å². The van der Waals surface area contributed by atoms with Gasteiger partial charge in [-0.15, -0.1) is 0 Å². The Bertz CT molecular complexity index is 332. The van der Waals surface area contributed by atoms with Crippen molar-refractivity contribution in [3.63, 3.8) is 0 Å². The van der Waals surface area contributed by atoms with Gasteiger partial charge >= 0.3 is 5.63 Å². The van der Waals surface area contributed by atoms with E-state index in [-0.39, 0.29) is 11.8 Å². The van der Waals surface area contributed by atoms with Crippen LogP contribution in [0.1, 0.15) is 31.6 Å². The summed E-state index contributed by atoms with van der Waals surface area (Å²) >= 11 is 0. The first-order valence-electron chi connectivity index (χ1n) is 4.23. The first kappa shape index (κ1) is 9.80. The largest absolute Gasteiger partial charge is 0.508 e. The molecule has 0 spiro atoms. The topological polar surface area (TPSA) is 76.5 Å². The summed E-state index contributed by atoms with van der Waals surface area (Å²) in [6.45, 7) is 1.99. The van der Waals surface area contributed by atoms with Crippen molar-refractivity contribution < 1.29 is 9.52 Å². The summed E-state index contributed by atoms with van der Waals surface area (Å²) in [6.07, 6.45) is 1.63. The fraction of sp³-hybridized carbons (Fsp3) is 0.444. The van der Waals surface area contributed by atoms with Gasteiger partial charge in [0.05, 0.1) is 12.1 Å². The van der Waals surface area contributed by atoms with E-state index in [2.05, 4.69) is 0 Å². The van der Waals surface area contributed by atoms with Crippen molar-refractivity contribution in [1.82, 2.24) is 0 Å². The van der Waals surface area contributed by atoms with E-state index in [1.807, 2.05) is 6.92 Å². The van der Waals surface area contributed by atoms with E-state index in [9.17, 15) is 4.79 Å². The average molecular weight is 183 g/mol. The lowest BCUT2D eigenvalue weighted by atomic mass is 10.1. The summed E-state index contributed by atoms with van der Waals surface area (Å²) in [5, 5.41) is 9.10. The molecule has 1 rings (SSSR count). The highest BCUT2D eigenvalue weighted by molar-refractivity contribution is 5.20. The molecule has 0 fully saturated rings. The first-order valence-corrected chi connectivity index (χ1v) is 4.23. The van der Waals surface area contributed by atoms with Gasteiger partial charge in [-0.3, -0.25) is 0 Å². The van der Waals surface area contributed by atoms with Gasteiger partial charge in [0.15, 0.2) is 0 Å². The van der Waals surface area contributed by atoms with E-state index in [0.717, 1.165) is 18.9 Å². The standard InChI is InChI=1S/C9H13NO3/c1-2-3-7(10)8-4-6(11)5-9(12)13-8/h4-5,7,11H,2-3,10H2,1H3. The van der Waals surface area contributed by atoms with Crippen molar-refractivity contribution in [2.75, 3.05) is 0 Å². The molecule has 0 saturated heterocycles. The lowest BCUT2D eigenvalue weighted by Crippen LogP contribution is -2.12. The van der Waals surface area contributed by atoms with Crippen LogP contribution in [0.5, 0.6) is 5.75 Å². The molecule has 4 heteroatoms. The minimum Gasteiger partial charge on any atom is -0.508 e. The smallest absolute Gasteiger partial charge is 0.339 e. The van der Waals surface area contributed by atoms with Crippen LogP contribution in [0.2, 0.25) is 0 Å². The molecule has 3 N–H and O–H groups in total. The van der Waals surface area contributed by atoms with E-state index in [1.165, 1.54) is 6.07 Å². The predicted octanol–water partition coefficient (Wildman–Crippen LogP) is 1.15. The van der Waals surface area contributed by atoms with Crippen LogP contribution in [-0.2, 0) is 0 Å². The molecule has 1 aromatic heterocycles. The third kappa shape index (κ3) is 2.59. The Labute approximate surface area is 76.0 Å². The van der Waals surface area contributed by atoms with E-state index in [4.69, 9.17) is 15.3 Å². The number of rotatable bonds is 3. The van der Waals surface area contributed by atoms with Gasteiger partial charge in [0.1, 0.15) is 11.5 Å². The molecule has 4 nitrogen and oxygen atoms in total. The maximum absolute atomic E-state index is 10.8. The Balaban J connectivity index is 2.94. The Morgan fingerprint density at radius 2 is 2.31 bits per heavy atom. The lowest BCUT2D eigenvalue weighted by molar-refractivity contribution is 0.393. The van der Waals surface area contributed by atoms with Crippen LogP contribution in [0.25, 0.3) is 0 Å². The summed E-state index contributed by atoms with van der Waals surface area (Å²) in [5.74, 6) is 0.240. The number of hydrogen-bond acceptors (Lipinski definition) is 4. The number of hydrogen-bond donors (Lipinski definition) is 2. The molecule has 1 heterocycles. The van der Waals surface area contributed by atoms with Gasteiger partial charge in [-0.25, -0.2) is 4.79 Å². The van der Waals surface area contributed by atoms with E-state index < -0.39 is 5.63 Å². The van der Waals surface area contributed by atoms with Crippen LogP contribution in [0.4, 0.5) is 0 Å². The van der Waals surface area contributed by atoms with Gasteiger partial charge in [-0.05, 0) is 6.42 Å². The normalized spacial score (nSPS) is 12.8. The second-order valence-electron chi connectivity index (χ2n) is 2.93. The fourth-order valence-corrected chi connectivity index (χ4v) is 1.12. The third-order valence-electron chi connectivity index (χ3n) is 1.74. The third-order valence-corrected chi connectivity index (χ3v) is 1.74. The number of aromatic hydroxyl groups is 1. The maximum Gasteiger partial charge on any atom is 0.339 e. The predicted molar refractivity (Wildman–Crippen MR) is 48.5 cm³/mol. The molecule has 0 aliphatic carbocycles. The minimum absolute atomic E-state index is 0.0993. The minimum atomic E-state index is -0.568. The monoisotopic (exact) mass is 183 g/mol. The van der Waals surface area contributed by atoms with E-state index in [0.29, 0.717) is 5.76 Å². The van der Waals surface area contributed by atoms with E-state index >= 15 is 0 Å². The molecule has 0 amide bonds. The van der Waals surface area contributed by atoms with Gasteiger partial charge in [-0.1, -0.05) is 13.3 Å². The van der Waals surface area contributed by atoms with Crippen LogP contribution in [-0.4, -0.2) is 5.11 Å². The molecule has 0 aliphatic rings. The summed E-state index contributed by atoms with van der Waals surface area (Å²) < 4.78 is 4.83. The van der Waals surface area contributed by atoms with Crippen molar-refractivity contribution in [3.05, 3.63) is 28.3 Å². The molecule has 72 valence electrons. The second-order valence-corrected chi connectivity index (χ2v) is 2.93. The summed E-state index contributed by atoms with van der Waals surface area (Å²) in [6, 6.07) is 2.08. The van der Waals surface area contributed by atoms with Gasteiger partial charge in [0.25, 0.3) is 0 Å². The van der Waals surface area contributed by atoms with Crippen LogP contribution in [0.3, 0.4) is 0 Å². The molecular weight excluding hydrogens is 170 g/mol. The summed E-state index contributed by atoms with van der Waals surface area (Å²) in [5.41, 5.74) is 5.13. The first-order chi connectivity index (χ1) is 6.13. The molecule has 1 unspecified atom stereocenters. The number of nitrogens with two attached hydrogens (primary N) is 1. The molecular formula is C9H13NO3. The Morgan fingerprint density at radius 1 is 1.62 bits per heavy atom. The van der Waals surface area contributed by atoms with E-state index in [1.54, 1.807) is 0 Å². The Kier molecular flexibility index (Phi) is 3.08. The van der Waals surface area contributed by atoms with Crippen molar-refractivity contribution in [2.24, 2.45) is 5.73 Å². The van der Waals surface area contributed by atoms with Gasteiger partial charge in [0.2, 0.25) is 0 Å². The Morgan fingerprint density at radius 3 is 2.85 bits per heavy atom. The molecule has 1 aromatic rings. The highest BCUT2D eigenvalue weighted by Gasteiger charge is 2.09. The zero-order chi connectivity index (χ0) is 9.84. The molecule has 0 bridgehead atoms. The molecule has 13 heavy (non-hydrogen) atoms. The quantitative estimate of drug-likeness (QED) is 0.736. The zero-order valence-corrected chi connectivity index (χ0v) is 7.49. The summed E-state index contributed by atoms with van der Waals surface area (Å²) in [4.78, 5) is 10.8. The second kappa shape index (κ2) is 4.09. The van der Waals surface area contributed by atoms with Crippen molar-refractivity contribution in [1.29, 1.82) is 0 Å². The highest BCUT2D eigenvalue weighted by Crippen LogP contribution is 2.17. The zero-order valence-electron chi connectivity index (χ0n) is 7.49.